The van der Waals surface area contributed by atoms with E-state index in [1.54, 1.807) is 0 Å². The lowest BCUT2D eigenvalue weighted by molar-refractivity contribution is 0.303. The van der Waals surface area contributed by atoms with Crippen molar-refractivity contribution >= 4 is 16.6 Å². The van der Waals surface area contributed by atoms with Crippen LogP contribution in [0.3, 0.4) is 0 Å². The molecule has 1 aromatic heterocycles. The molecule has 0 radical (unpaired) electrons. The summed E-state index contributed by atoms with van der Waals surface area (Å²) in [5.74, 6) is 0.978. The zero-order chi connectivity index (χ0) is 18.5. The second kappa shape index (κ2) is 8.43. The number of anilines is 1. The fourth-order valence-electron chi connectivity index (χ4n) is 3.87. The smallest absolute Gasteiger partial charge is 0.125 e. The van der Waals surface area contributed by atoms with Crippen molar-refractivity contribution < 1.29 is 4.74 Å². The second-order valence-electron chi connectivity index (χ2n) is 7.38. The van der Waals surface area contributed by atoms with Gasteiger partial charge in [0, 0.05) is 36.4 Å². The summed E-state index contributed by atoms with van der Waals surface area (Å²) in [7, 11) is 0. The molecule has 0 atom stereocenters. The zero-order valence-electron chi connectivity index (χ0n) is 16.2. The van der Waals surface area contributed by atoms with E-state index in [0.717, 1.165) is 30.8 Å². The maximum Gasteiger partial charge on any atom is 0.125 e. The Hall–Kier alpha value is -2.55. The van der Waals surface area contributed by atoms with E-state index in [2.05, 4.69) is 59.3 Å². The molecule has 2 aromatic carbocycles. The molecule has 3 heteroatoms. The molecule has 0 spiro atoms. The Morgan fingerprint density at radius 1 is 1.04 bits per heavy atom. The standard InChI is InChI=1S/C24H28N2O/c1-2-3-11-20-16-21-22(25-13-12-23(21)26-14-7-8-15-26)17-24(20)27-18-19-9-5-4-6-10-19/h4-6,9-10,12-13,16-17H,2-3,7-8,11,14-15,18H2,1H3. The third-order valence-electron chi connectivity index (χ3n) is 5.38. The molecule has 0 saturated carbocycles. The molecule has 0 N–H and O–H groups in total. The van der Waals surface area contributed by atoms with E-state index in [-0.39, 0.29) is 0 Å². The summed E-state index contributed by atoms with van der Waals surface area (Å²) >= 11 is 0. The molecule has 3 aromatic rings. The second-order valence-corrected chi connectivity index (χ2v) is 7.38. The van der Waals surface area contributed by atoms with Crippen LogP contribution in [0.5, 0.6) is 5.75 Å². The lowest BCUT2D eigenvalue weighted by atomic mass is 10.0. The molecule has 0 amide bonds. The van der Waals surface area contributed by atoms with E-state index in [1.165, 1.54) is 47.9 Å². The lowest BCUT2D eigenvalue weighted by Crippen LogP contribution is -2.18. The van der Waals surface area contributed by atoms with Crippen LogP contribution < -0.4 is 9.64 Å². The van der Waals surface area contributed by atoms with Crippen LogP contribution in [0.25, 0.3) is 10.9 Å². The van der Waals surface area contributed by atoms with Crippen LogP contribution in [-0.4, -0.2) is 18.1 Å². The highest BCUT2D eigenvalue weighted by Gasteiger charge is 2.17. The topological polar surface area (TPSA) is 25.4 Å². The highest BCUT2D eigenvalue weighted by Crippen LogP contribution is 2.34. The Bertz CT molecular complexity index is 886. The first-order valence-corrected chi connectivity index (χ1v) is 10.2. The van der Waals surface area contributed by atoms with Crippen molar-refractivity contribution in [2.24, 2.45) is 0 Å². The maximum absolute atomic E-state index is 6.24. The van der Waals surface area contributed by atoms with E-state index in [1.807, 2.05) is 12.3 Å². The van der Waals surface area contributed by atoms with Crippen molar-refractivity contribution in [2.75, 3.05) is 18.0 Å². The number of unbranched alkanes of at least 4 members (excludes halogenated alkanes) is 1. The van der Waals surface area contributed by atoms with Gasteiger partial charge in [-0.05, 0) is 48.9 Å². The molecule has 0 aliphatic carbocycles. The number of fused-ring (bicyclic) bond motifs is 1. The number of hydrogen-bond donors (Lipinski definition) is 0. The molecular weight excluding hydrogens is 332 g/mol. The van der Waals surface area contributed by atoms with E-state index >= 15 is 0 Å². The number of aromatic nitrogens is 1. The van der Waals surface area contributed by atoms with Crippen LogP contribution in [-0.2, 0) is 13.0 Å². The Kier molecular flexibility index (Phi) is 5.57. The summed E-state index contributed by atoms with van der Waals surface area (Å²) in [6, 6.07) is 17.0. The van der Waals surface area contributed by atoms with Gasteiger partial charge in [-0.3, -0.25) is 4.98 Å². The first-order chi connectivity index (χ1) is 13.3. The summed E-state index contributed by atoms with van der Waals surface area (Å²) in [5.41, 5.74) is 4.85. The molecule has 0 bridgehead atoms. The molecule has 1 fully saturated rings. The molecule has 4 rings (SSSR count). The van der Waals surface area contributed by atoms with E-state index in [9.17, 15) is 0 Å². The van der Waals surface area contributed by atoms with Crippen LogP contribution in [0.1, 0.15) is 43.7 Å². The van der Waals surface area contributed by atoms with Gasteiger partial charge in [0.15, 0.2) is 0 Å². The minimum absolute atomic E-state index is 0.595. The Morgan fingerprint density at radius 2 is 1.85 bits per heavy atom. The minimum atomic E-state index is 0.595. The van der Waals surface area contributed by atoms with Gasteiger partial charge in [0.05, 0.1) is 5.52 Å². The summed E-state index contributed by atoms with van der Waals surface area (Å²) in [6.45, 7) is 5.13. The molecule has 2 heterocycles. The highest BCUT2D eigenvalue weighted by atomic mass is 16.5. The molecule has 1 saturated heterocycles. The van der Waals surface area contributed by atoms with Crippen molar-refractivity contribution in [1.29, 1.82) is 0 Å². The fourth-order valence-corrected chi connectivity index (χ4v) is 3.87. The van der Waals surface area contributed by atoms with E-state index < -0.39 is 0 Å². The number of pyridine rings is 1. The number of benzene rings is 2. The Balaban J connectivity index is 1.68. The third kappa shape index (κ3) is 4.08. The highest BCUT2D eigenvalue weighted by molar-refractivity contribution is 5.93. The van der Waals surface area contributed by atoms with Crippen molar-refractivity contribution in [3.8, 4) is 5.75 Å². The molecular formula is C24H28N2O. The zero-order valence-corrected chi connectivity index (χ0v) is 16.2. The van der Waals surface area contributed by atoms with Gasteiger partial charge < -0.3 is 9.64 Å². The molecule has 1 aliphatic rings. The van der Waals surface area contributed by atoms with E-state index in [0.29, 0.717) is 6.61 Å². The van der Waals surface area contributed by atoms with Gasteiger partial charge in [-0.1, -0.05) is 43.7 Å². The number of ether oxygens (including phenoxy) is 1. The monoisotopic (exact) mass is 360 g/mol. The van der Waals surface area contributed by atoms with Crippen molar-refractivity contribution in [3.63, 3.8) is 0 Å². The molecule has 27 heavy (non-hydrogen) atoms. The quantitative estimate of drug-likeness (QED) is 0.536. The van der Waals surface area contributed by atoms with Crippen LogP contribution in [0.15, 0.2) is 54.7 Å². The van der Waals surface area contributed by atoms with Gasteiger partial charge in [-0.25, -0.2) is 0 Å². The molecule has 3 nitrogen and oxygen atoms in total. The SMILES string of the molecule is CCCCc1cc2c(N3CCCC3)ccnc2cc1OCc1ccccc1. The molecule has 140 valence electrons. The summed E-state index contributed by atoms with van der Waals surface area (Å²) < 4.78 is 6.24. The van der Waals surface area contributed by atoms with Gasteiger partial charge in [-0.2, -0.15) is 0 Å². The first-order valence-electron chi connectivity index (χ1n) is 10.2. The van der Waals surface area contributed by atoms with Crippen LogP contribution in [0.2, 0.25) is 0 Å². The predicted octanol–water partition coefficient (Wildman–Crippen LogP) is 5.76. The summed E-state index contributed by atoms with van der Waals surface area (Å²) in [6.07, 6.45) is 7.90. The van der Waals surface area contributed by atoms with Crippen LogP contribution >= 0.6 is 0 Å². The van der Waals surface area contributed by atoms with Gasteiger partial charge in [-0.15, -0.1) is 0 Å². The lowest BCUT2D eigenvalue weighted by Gasteiger charge is -2.21. The van der Waals surface area contributed by atoms with Gasteiger partial charge in [0.2, 0.25) is 0 Å². The Labute approximate surface area is 162 Å². The Morgan fingerprint density at radius 3 is 2.63 bits per heavy atom. The van der Waals surface area contributed by atoms with Crippen molar-refractivity contribution in [2.45, 2.75) is 45.6 Å². The van der Waals surface area contributed by atoms with E-state index in [4.69, 9.17) is 4.74 Å². The van der Waals surface area contributed by atoms with Crippen molar-refractivity contribution in [1.82, 2.24) is 4.98 Å². The maximum atomic E-state index is 6.24. The van der Waals surface area contributed by atoms with Crippen LogP contribution in [0.4, 0.5) is 5.69 Å². The third-order valence-corrected chi connectivity index (χ3v) is 5.38. The van der Waals surface area contributed by atoms with Gasteiger partial charge >= 0.3 is 0 Å². The van der Waals surface area contributed by atoms with Gasteiger partial charge in [0.25, 0.3) is 0 Å². The molecule has 0 unspecified atom stereocenters. The number of hydrogen-bond acceptors (Lipinski definition) is 3. The van der Waals surface area contributed by atoms with Gasteiger partial charge in [0.1, 0.15) is 12.4 Å². The summed E-state index contributed by atoms with van der Waals surface area (Å²) in [5, 5.41) is 1.26. The number of aryl methyl sites for hydroxylation is 1. The average Bonchev–Trinajstić information content (AvgIpc) is 3.25. The first kappa shape index (κ1) is 17.8. The minimum Gasteiger partial charge on any atom is -0.489 e. The number of rotatable bonds is 7. The predicted molar refractivity (Wildman–Crippen MR) is 113 cm³/mol. The number of nitrogens with zero attached hydrogens (tertiary/aromatic N) is 2. The summed E-state index contributed by atoms with van der Waals surface area (Å²) in [4.78, 5) is 7.14. The fraction of sp³-hybridized carbons (Fsp3) is 0.375. The average molecular weight is 361 g/mol. The largest absolute Gasteiger partial charge is 0.489 e. The van der Waals surface area contributed by atoms with Crippen molar-refractivity contribution in [3.05, 3.63) is 65.9 Å². The normalized spacial score (nSPS) is 14.0. The van der Waals surface area contributed by atoms with Crippen LogP contribution in [0, 0.1) is 0 Å². The molecule has 1 aliphatic heterocycles.